The van der Waals surface area contributed by atoms with Crippen LogP contribution in [0.25, 0.3) is 10.8 Å². The number of pyridine rings is 1. The third kappa shape index (κ3) is 7.12. The minimum atomic E-state index is -4.31. The molecule has 7 N–H and O–H groups in total. The lowest BCUT2D eigenvalue weighted by Crippen LogP contribution is -2.61. The normalized spacial score (nSPS) is 18.7. The van der Waals surface area contributed by atoms with Gasteiger partial charge in [-0.05, 0) is 67.5 Å². The SMILES string of the molecule is CC(C(N)=O)(c1cccnc1)N(C(=O)[C@H](CC(=O)NC[C@@H]1CCCN(C(=N)N)C1)NS(=O)(=O)c1ccc2ccccc2c1)C1CC1. The Hall–Kier alpha value is -4.56. The molecule has 1 saturated carbocycles. The van der Waals surface area contributed by atoms with Gasteiger partial charge in [-0.25, -0.2) is 8.42 Å². The summed E-state index contributed by atoms with van der Waals surface area (Å²) >= 11 is 0. The number of rotatable bonds is 12. The van der Waals surface area contributed by atoms with Crippen molar-refractivity contribution in [3.8, 4) is 0 Å². The van der Waals surface area contributed by atoms with Crippen LogP contribution < -0.4 is 21.5 Å². The first-order valence-electron chi connectivity index (χ1n) is 15.3. The molecule has 3 aromatic rings. The van der Waals surface area contributed by atoms with Gasteiger partial charge in [-0.15, -0.1) is 0 Å². The predicted molar refractivity (Wildman–Crippen MR) is 173 cm³/mol. The smallest absolute Gasteiger partial charge is 0.247 e. The van der Waals surface area contributed by atoms with Crippen LogP contribution in [0.15, 0.2) is 71.9 Å². The van der Waals surface area contributed by atoms with E-state index in [0.717, 1.165) is 18.2 Å². The highest BCUT2D eigenvalue weighted by Crippen LogP contribution is 2.39. The van der Waals surface area contributed by atoms with Gasteiger partial charge in [-0.3, -0.25) is 24.8 Å². The second kappa shape index (κ2) is 13.4. The van der Waals surface area contributed by atoms with Crippen molar-refractivity contribution in [1.82, 2.24) is 24.8 Å². The molecule has 1 unspecified atom stereocenters. The number of nitrogens with two attached hydrogens (primary N) is 2. The average Bonchev–Trinajstić information content (AvgIpc) is 3.88. The Bertz CT molecular complexity index is 1730. The first-order valence-corrected chi connectivity index (χ1v) is 16.8. The number of aromatic nitrogens is 1. The van der Waals surface area contributed by atoms with Crippen LogP contribution >= 0.6 is 0 Å². The summed E-state index contributed by atoms with van der Waals surface area (Å²) in [5, 5.41) is 12.1. The van der Waals surface area contributed by atoms with E-state index in [1.54, 1.807) is 35.2 Å². The summed E-state index contributed by atoms with van der Waals surface area (Å²) in [6.07, 6.45) is 5.25. The molecular weight excluding hydrogens is 608 g/mol. The molecule has 2 aliphatic rings. The number of likely N-dealkylation sites (tertiary alicyclic amines) is 1. The second-order valence-electron chi connectivity index (χ2n) is 12.1. The van der Waals surface area contributed by atoms with E-state index < -0.39 is 45.7 Å². The van der Waals surface area contributed by atoms with Gasteiger partial charge in [0.2, 0.25) is 27.7 Å². The number of guanidine groups is 1. The number of piperidine rings is 1. The maximum atomic E-state index is 14.5. The van der Waals surface area contributed by atoms with Crippen molar-refractivity contribution in [3.63, 3.8) is 0 Å². The molecule has 1 saturated heterocycles. The molecule has 2 fully saturated rings. The van der Waals surface area contributed by atoms with Gasteiger partial charge in [-0.2, -0.15) is 4.72 Å². The van der Waals surface area contributed by atoms with Crippen LogP contribution in [-0.4, -0.2) is 78.6 Å². The van der Waals surface area contributed by atoms with Crippen LogP contribution in [-0.2, 0) is 29.9 Å². The molecule has 2 heterocycles. The van der Waals surface area contributed by atoms with E-state index in [2.05, 4.69) is 15.0 Å². The Morgan fingerprint density at radius 3 is 2.48 bits per heavy atom. The third-order valence-electron chi connectivity index (χ3n) is 8.80. The van der Waals surface area contributed by atoms with Gasteiger partial charge < -0.3 is 26.6 Å². The van der Waals surface area contributed by atoms with E-state index in [-0.39, 0.29) is 29.4 Å². The minimum Gasteiger partial charge on any atom is -0.370 e. The molecule has 3 atom stereocenters. The van der Waals surface area contributed by atoms with Crippen LogP contribution in [0.1, 0.15) is 44.6 Å². The molecule has 2 aromatic carbocycles. The number of nitrogens with zero attached hydrogens (tertiary/aromatic N) is 3. The van der Waals surface area contributed by atoms with Crippen LogP contribution in [0.5, 0.6) is 0 Å². The lowest BCUT2D eigenvalue weighted by atomic mass is 9.89. The third-order valence-corrected chi connectivity index (χ3v) is 10.3. The predicted octanol–water partition coefficient (Wildman–Crippen LogP) is 1.39. The molecule has 1 aliphatic heterocycles. The Morgan fingerprint density at radius 2 is 1.83 bits per heavy atom. The van der Waals surface area contributed by atoms with Crippen molar-refractivity contribution in [2.45, 2.75) is 61.5 Å². The molecule has 3 amide bonds. The highest BCUT2D eigenvalue weighted by atomic mass is 32.2. The van der Waals surface area contributed by atoms with Gasteiger partial charge in [0.1, 0.15) is 11.6 Å². The van der Waals surface area contributed by atoms with Gasteiger partial charge >= 0.3 is 0 Å². The van der Waals surface area contributed by atoms with E-state index in [1.165, 1.54) is 36.4 Å². The zero-order chi connectivity index (χ0) is 33.1. The number of fused-ring (bicyclic) bond motifs is 1. The van der Waals surface area contributed by atoms with Gasteiger partial charge in [0.05, 0.1) is 11.3 Å². The summed E-state index contributed by atoms with van der Waals surface area (Å²) < 4.78 is 30.1. The number of carbonyl (C=O) groups excluding carboxylic acids is 3. The Labute approximate surface area is 268 Å². The standard InChI is InChI=1S/C32H40N8O5S/c1-32(30(33)43,24-9-4-14-36-19-24)40(25-11-12-25)29(42)27(17-28(41)37-18-21-6-5-15-39(20-21)31(34)35)38-46(44,45)26-13-10-22-7-2-3-8-23(22)16-26/h2-4,7-10,13-14,16,19,21,25,27,38H,5-6,11-12,15,17-18,20H2,1H3,(H2,33,43)(H3,34,35)(H,37,41)/t21-,27-,32?/m0/s1. The first-order chi connectivity index (χ1) is 21.9. The summed E-state index contributed by atoms with van der Waals surface area (Å²) in [5.74, 6) is -2.11. The topological polar surface area (TPSA) is 205 Å². The van der Waals surface area contributed by atoms with Crippen LogP contribution in [0.2, 0.25) is 0 Å². The molecule has 46 heavy (non-hydrogen) atoms. The van der Waals surface area contributed by atoms with Crippen molar-refractivity contribution in [1.29, 1.82) is 5.41 Å². The molecule has 244 valence electrons. The number of nitrogens with one attached hydrogen (secondary N) is 3. The number of primary amides is 1. The molecule has 1 aromatic heterocycles. The molecular formula is C32H40N8O5S. The van der Waals surface area contributed by atoms with Gasteiger partial charge in [0, 0.05) is 43.6 Å². The fraction of sp³-hybridized carbons (Fsp3) is 0.406. The molecule has 1 aliphatic carbocycles. The quantitative estimate of drug-likeness (QED) is 0.143. The van der Waals surface area contributed by atoms with Gasteiger partial charge in [-0.1, -0.05) is 36.4 Å². The summed E-state index contributed by atoms with van der Waals surface area (Å²) in [6, 6.07) is 13.2. The van der Waals surface area contributed by atoms with Crippen LogP contribution in [0, 0.1) is 11.3 Å². The van der Waals surface area contributed by atoms with E-state index in [9.17, 15) is 22.8 Å². The van der Waals surface area contributed by atoms with E-state index in [0.29, 0.717) is 36.9 Å². The Morgan fingerprint density at radius 1 is 1.09 bits per heavy atom. The van der Waals surface area contributed by atoms with E-state index in [1.807, 2.05) is 12.1 Å². The minimum absolute atomic E-state index is 0.0248. The van der Waals surface area contributed by atoms with Gasteiger partial charge in [0.15, 0.2) is 5.96 Å². The van der Waals surface area contributed by atoms with Crippen molar-refractivity contribution < 1.29 is 22.8 Å². The zero-order valence-corrected chi connectivity index (χ0v) is 26.5. The maximum absolute atomic E-state index is 14.5. The molecule has 0 radical (unpaired) electrons. The van der Waals surface area contributed by atoms with Crippen molar-refractivity contribution in [2.24, 2.45) is 17.4 Å². The summed E-state index contributed by atoms with van der Waals surface area (Å²) in [7, 11) is -4.31. The number of hydrogen-bond donors (Lipinski definition) is 5. The monoisotopic (exact) mass is 648 g/mol. The first kappa shape index (κ1) is 32.8. The average molecular weight is 649 g/mol. The van der Waals surface area contributed by atoms with Crippen molar-refractivity contribution in [2.75, 3.05) is 19.6 Å². The molecule has 14 heteroatoms. The zero-order valence-electron chi connectivity index (χ0n) is 25.7. The summed E-state index contributed by atoms with van der Waals surface area (Å²) in [6.45, 7) is 2.95. The molecule has 13 nitrogen and oxygen atoms in total. The number of amides is 3. The van der Waals surface area contributed by atoms with Crippen LogP contribution in [0.3, 0.4) is 0 Å². The number of hydrogen-bond acceptors (Lipinski definition) is 7. The summed E-state index contributed by atoms with van der Waals surface area (Å²) in [4.78, 5) is 48.0. The fourth-order valence-corrected chi connectivity index (χ4v) is 7.28. The number of benzene rings is 2. The Balaban J connectivity index is 1.44. The molecule has 0 bridgehead atoms. The van der Waals surface area contributed by atoms with E-state index >= 15 is 0 Å². The largest absolute Gasteiger partial charge is 0.370 e. The van der Waals surface area contributed by atoms with Crippen molar-refractivity contribution in [3.05, 3.63) is 72.6 Å². The molecule has 0 spiro atoms. The lowest BCUT2D eigenvalue weighted by Gasteiger charge is -2.41. The number of carbonyl (C=O) groups is 3. The summed E-state index contributed by atoms with van der Waals surface area (Å²) in [5.41, 5.74) is 10.3. The Kier molecular flexibility index (Phi) is 9.58. The van der Waals surface area contributed by atoms with E-state index in [4.69, 9.17) is 16.9 Å². The lowest BCUT2D eigenvalue weighted by molar-refractivity contribution is -0.149. The number of sulfonamides is 1. The maximum Gasteiger partial charge on any atom is 0.247 e. The highest BCUT2D eigenvalue weighted by Gasteiger charge is 2.51. The van der Waals surface area contributed by atoms with Gasteiger partial charge in [0.25, 0.3) is 0 Å². The second-order valence-corrected chi connectivity index (χ2v) is 13.9. The van der Waals surface area contributed by atoms with Crippen molar-refractivity contribution >= 4 is 44.5 Å². The fourth-order valence-electron chi connectivity index (χ4n) is 6.05. The van der Waals surface area contributed by atoms with Crippen LogP contribution in [0.4, 0.5) is 0 Å². The highest BCUT2D eigenvalue weighted by molar-refractivity contribution is 7.89. The molecule has 5 rings (SSSR count).